The predicted molar refractivity (Wildman–Crippen MR) is 58.0 cm³/mol. The third kappa shape index (κ3) is 3.14. The van der Waals surface area contributed by atoms with Crippen molar-refractivity contribution in [2.45, 2.75) is 12.3 Å². The summed E-state index contributed by atoms with van der Waals surface area (Å²) in [6, 6.07) is 3.29. The molecule has 1 amide bonds. The molecule has 0 aliphatic rings. The molecule has 0 aromatic heterocycles. The Morgan fingerprint density at radius 3 is 2.37 bits per heavy atom. The minimum absolute atomic E-state index is 0.363. The van der Waals surface area contributed by atoms with Crippen LogP contribution in [0.25, 0.3) is 0 Å². The van der Waals surface area contributed by atoms with Crippen molar-refractivity contribution in [1.29, 1.82) is 0 Å². The largest absolute Gasteiger partial charge is 0.478 e. The molecule has 0 unspecified atom stereocenters. The number of carboxylic acids is 1. The maximum absolute atomic E-state index is 12.7. The second-order valence-corrected chi connectivity index (χ2v) is 3.75. The third-order valence-electron chi connectivity index (χ3n) is 2.06. The lowest BCUT2D eigenvalue weighted by molar-refractivity contribution is -0.163. The Hall–Kier alpha value is -1.83. The van der Waals surface area contributed by atoms with Crippen LogP contribution in [0.15, 0.2) is 18.2 Å². The number of carbonyl (C=O) groups excluding carboxylic acids is 1. The molecular weight excluding hydrogens is 294 g/mol. The fraction of sp³-hybridized carbons (Fsp3) is 0.200. The summed E-state index contributed by atoms with van der Waals surface area (Å²) in [4.78, 5) is 21.8. The number of hydrogen-bond donors (Lipinski definition) is 2. The summed E-state index contributed by atoms with van der Waals surface area (Å²) in [7, 11) is 0. The van der Waals surface area contributed by atoms with E-state index in [2.05, 4.69) is 0 Å². The molecule has 0 heterocycles. The third-order valence-corrected chi connectivity index (χ3v) is 2.37. The zero-order valence-electron chi connectivity index (χ0n) is 8.96. The highest BCUT2D eigenvalue weighted by Gasteiger charge is 2.49. The van der Waals surface area contributed by atoms with Crippen molar-refractivity contribution in [1.82, 2.24) is 0 Å². The van der Waals surface area contributed by atoms with E-state index in [9.17, 15) is 27.2 Å². The number of halogens is 5. The Morgan fingerprint density at radius 1 is 1.32 bits per heavy atom. The smallest absolute Gasteiger partial charge is 0.383 e. The van der Waals surface area contributed by atoms with Gasteiger partial charge in [-0.2, -0.15) is 8.78 Å². The van der Waals surface area contributed by atoms with Crippen molar-refractivity contribution in [2.24, 2.45) is 0 Å². The van der Waals surface area contributed by atoms with Crippen molar-refractivity contribution < 1.29 is 32.3 Å². The maximum atomic E-state index is 12.7. The molecule has 19 heavy (non-hydrogen) atoms. The summed E-state index contributed by atoms with van der Waals surface area (Å²) >= 11 is 5.54. The van der Waals surface area contributed by atoms with Crippen molar-refractivity contribution in [3.05, 3.63) is 28.8 Å². The molecule has 0 atom stereocenters. The SMILES string of the molecule is O=C(O)c1cccc(Cl)c1NC(=O)C(F)(F)C(F)F. The van der Waals surface area contributed by atoms with E-state index in [0.717, 1.165) is 12.1 Å². The summed E-state index contributed by atoms with van der Waals surface area (Å²) in [5.41, 5.74) is -1.26. The zero-order chi connectivity index (χ0) is 14.8. The van der Waals surface area contributed by atoms with E-state index < -0.39 is 35.5 Å². The van der Waals surface area contributed by atoms with Crippen LogP contribution in [0.4, 0.5) is 23.2 Å². The first-order valence-electron chi connectivity index (χ1n) is 4.67. The lowest BCUT2D eigenvalue weighted by Crippen LogP contribution is -2.41. The Morgan fingerprint density at radius 2 is 1.89 bits per heavy atom. The van der Waals surface area contributed by atoms with Crippen LogP contribution in [0.3, 0.4) is 0 Å². The summed E-state index contributed by atoms with van der Waals surface area (Å²) in [6.07, 6.45) is -4.22. The number of benzene rings is 1. The lowest BCUT2D eigenvalue weighted by atomic mass is 10.1. The molecule has 0 fully saturated rings. The Balaban J connectivity index is 3.13. The summed E-state index contributed by atoms with van der Waals surface area (Å²) in [5.74, 6) is -8.84. The highest BCUT2D eigenvalue weighted by molar-refractivity contribution is 6.34. The van der Waals surface area contributed by atoms with Crippen molar-refractivity contribution in [3.8, 4) is 0 Å². The van der Waals surface area contributed by atoms with Crippen molar-refractivity contribution in [2.75, 3.05) is 5.32 Å². The molecule has 0 radical (unpaired) electrons. The second-order valence-electron chi connectivity index (χ2n) is 3.35. The van der Waals surface area contributed by atoms with Crippen LogP contribution in [0.2, 0.25) is 5.02 Å². The first-order valence-corrected chi connectivity index (χ1v) is 5.05. The molecule has 9 heteroatoms. The first-order chi connectivity index (χ1) is 8.67. The maximum Gasteiger partial charge on any atom is 0.383 e. The van der Waals surface area contributed by atoms with Crippen molar-refractivity contribution in [3.63, 3.8) is 0 Å². The van der Waals surface area contributed by atoms with Crippen LogP contribution in [0.1, 0.15) is 10.4 Å². The number of alkyl halides is 4. The van der Waals surface area contributed by atoms with Gasteiger partial charge in [0.25, 0.3) is 0 Å². The molecule has 0 aliphatic heterocycles. The quantitative estimate of drug-likeness (QED) is 0.840. The standard InChI is InChI=1S/C10H6ClF4NO3/c11-5-3-1-2-4(7(17)18)6(5)16-9(19)10(14,15)8(12)13/h1-3,8H,(H,16,19)(H,17,18). The number of carbonyl (C=O) groups is 2. The Bertz CT molecular complexity index is 521. The molecule has 0 aliphatic carbocycles. The van der Waals surface area contributed by atoms with Gasteiger partial charge < -0.3 is 10.4 Å². The lowest BCUT2D eigenvalue weighted by Gasteiger charge is -2.16. The predicted octanol–water partition coefficient (Wildman–Crippen LogP) is 2.88. The normalized spacial score (nSPS) is 11.5. The van der Waals surface area contributed by atoms with Gasteiger partial charge in [0.2, 0.25) is 0 Å². The molecule has 1 aromatic carbocycles. The van der Waals surface area contributed by atoms with Gasteiger partial charge in [0, 0.05) is 0 Å². The van der Waals surface area contributed by atoms with Crippen LogP contribution in [-0.4, -0.2) is 29.3 Å². The molecular formula is C10H6ClF4NO3. The van der Waals surface area contributed by atoms with Gasteiger partial charge in [-0.1, -0.05) is 17.7 Å². The highest BCUT2D eigenvalue weighted by atomic mass is 35.5. The molecule has 104 valence electrons. The average molecular weight is 300 g/mol. The number of aromatic carboxylic acids is 1. The van der Waals surface area contributed by atoms with Crippen LogP contribution >= 0.6 is 11.6 Å². The van der Waals surface area contributed by atoms with E-state index in [1.165, 1.54) is 11.4 Å². The fourth-order valence-electron chi connectivity index (χ4n) is 1.13. The van der Waals surface area contributed by atoms with Gasteiger partial charge >= 0.3 is 24.2 Å². The minimum atomic E-state index is -4.95. The molecule has 0 saturated heterocycles. The van der Waals surface area contributed by atoms with E-state index in [-0.39, 0.29) is 5.02 Å². The summed E-state index contributed by atoms with van der Waals surface area (Å²) < 4.78 is 49.4. The molecule has 1 rings (SSSR count). The van der Waals surface area contributed by atoms with Crippen molar-refractivity contribution >= 4 is 29.2 Å². The van der Waals surface area contributed by atoms with E-state index in [1.54, 1.807) is 0 Å². The highest BCUT2D eigenvalue weighted by Crippen LogP contribution is 2.30. The topological polar surface area (TPSA) is 66.4 Å². The second kappa shape index (κ2) is 5.43. The van der Waals surface area contributed by atoms with Gasteiger partial charge in [-0.05, 0) is 12.1 Å². The van der Waals surface area contributed by atoms with Crippen LogP contribution < -0.4 is 5.32 Å². The zero-order valence-corrected chi connectivity index (χ0v) is 9.72. The molecule has 0 spiro atoms. The van der Waals surface area contributed by atoms with Gasteiger partial charge in [-0.15, -0.1) is 0 Å². The molecule has 0 saturated carbocycles. The van der Waals surface area contributed by atoms with E-state index >= 15 is 0 Å². The monoisotopic (exact) mass is 299 g/mol. The van der Waals surface area contributed by atoms with Gasteiger partial charge in [0.1, 0.15) is 0 Å². The van der Waals surface area contributed by atoms with E-state index in [4.69, 9.17) is 16.7 Å². The molecule has 2 N–H and O–H groups in total. The van der Waals surface area contributed by atoms with Crippen LogP contribution in [-0.2, 0) is 4.79 Å². The first kappa shape index (κ1) is 15.2. The number of nitrogens with one attached hydrogen (secondary N) is 1. The average Bonchev–Trinajstić information content (AvgIpc) is 2.30. The van der Waals surface area contributed by atoms with Gasteiger partial charge in [-0.3, -0.25) is 4.79 Å². The minimum Gasteiger partial charge on any atom is -0.478 e. The Labute approximate surface area is 109 Å². The van der Waals surface area contributed by atoms with E-state index in [0.29, 0.717) is 0 Å². The van der Waals surface area contributed by atoms with Gasteiger partial charge in [0.15, 0.2) is 0 Å². The number of amides is 1. The number of carboxylic acid groups (broad SMARTS) is 1. The van der Waals surface area contributed by atoms with Gasteiger partial charge in [0.05, 0.1) is 16.3 Å². The number of anilines is 1. The van der Waals surface area contributed by atoms with E-state index in [1.807, 2.05) is 0 Å². The Kier molecular flexibility index (Phi) is 4.35. The number of hydrogen-bond acceptors (Lipinski definition) is 2. The summed E-state index contributed by atoms with van der Waals surface area (Å²) in [6.45, 7) is 0. The molecule has 4 nitrogen and oxygen atoms in total. The number of para-hydroxylation sites is 1. The van der Waals surface area contributed by atoms with Crippen LogP contribution in [0.5, 0.6) is 0 Å². The fourth-order valence-corrected chi connectivity index (χ4v) is 1.35. The summed E-state index contributed by atoms with van der Waals surface area (Å²) in [5, 5.41) is 9.81. The van der Waals surface area contributed by atoms with Gasteiger partial charge in [-0.25, -0.2) is 13.6 Å². The molecule has 1 aromatic rings. The van der Waals surface area contributed by atoms with Crippen LogP contribution in [0, 0.1) is 0 Å². The molecule has 0 bridgehead atoms. The number of rotatable bonds is 4.